The third-order valence-electron chi connectivity index (χ3n) is 3.79. The molecule has 5 heteroatoms. The van der Waals surface area contributed by atoms with Crippen molar-refractivity contribution < 1.29 is 4.74 Å². The second kappa shape index (κ2) is 6.66. The summed E-state index contributed by atoms with van der Waals surface area (Å²) in [6.07, 6.45) is 2.71. The van der Waals surface area contributed by atoms with E-state index in [1.165, 1.54) is 0 Å². The SMILES string of the molecule is CCc1cc(-c2ncc3cc(N=C(C)N)ccc3n2)ccc1OC. The number of aryl methyl sites for hydroxylation is 1. The van der Waals surface area contributed by atoms with E-state index in [9.17, 15) is 0 Å². The van der Waals surface area contributed by atoms with Crippen molar-refractivity contribution in [3.05, 3.63) is 48.2 Å². The first-order chi connectivity index (χ1) is 11.6. The number of nitrogens with zero attached hydrogens (tertiary/aromatic N) is 3. The highest BCUT2D eigenvalue weighted by atomic mass is 16.5. The maximum absolute atomic E-state index is 5.63. The van der Waals surface area contributed by atoms with Gasteiger partial charge in [0.25, 0.3) is 0 Å². The van der Waals surface area contributed by atoms with E-state index < -0.39 is 0 Å². The number of fused-ring (bicyclic) bond motifs is 1. The zero-order valence-corrected chi connectivity index (χ0v) is 14.1. The van der Waals surface area contributed by atoms with Crippen LogP contribution < -0.4 is 10.5 Å². The summed E-state index contributed by atoms with van der Waals surface area (Å²) in [5.41, 5.74) is 9.43. The topological polar surface area (TPSA) is 73.4 Å². The van der Waals surface area contributed by atoms with Crippen LogP contribution in [0.25, 0.3) is 22.3 Å². The largest absolute Gasteiger partial charge is 0.496 e. The minimum absolute atomic E-state index is 0.525. The van der Waals surface area contributed by atoms with Crippen molar-refractivity contribution in [2.24, 2.45) is 10.7 Å². The van der Waals surface area contributed by atoms with Gasteiger partial charge in [0.05, 0.1) is 24.1 Å². The van der Waals surface area contributed by atoms with E-state index in [0.29, 0.717) is 11.7 Å². The number of methoxy groups -OCH3 is 1. The molecule has 3 aromatic rings. The van der Waals surface area contributed by atoms with E-state index in [4.69, 9.17) is 10.5 Å². The van der Waals surface area contributed by atoms with E-state index in [1.807, 2.05) is 36.5 Å². The van der Waals surface area contributed by atoms with Gasteiger partial charge in [-0.15, -0.1) is 0 Å². The van der Waals surface area contributed by atoms with Crippen molar-refractivity contribution in [2.45, 2.75) is 20.3 Å². The highest BCUT2D eigenvalue weighted by molar-refractivity contribution is 5.86. The molecule has 1 heterocycles. The highest BCUT2D eigenvalue weighted by Gasteiger charge is 2.08. The predicted octanol–water partition coefficient (Wildman–Crippen LogP) is 3.88. The molecule has 0 atom stereocenters. The summed E-state index contributed by atoms with van der Waals surface area (Å²) in [4.78, 5) is 13.4. The van der Waals surface area contributed by atoms with Crippen molar-refractivity contribution in [1.29, 1.82) is 0 Å². The predicted molar refractivity (Wildman–Crippen MR) is 97.9 cm³/mol. The number of rotatable bonds is 4. The summed E-state index contributed by atoms with van der Waals surface area (Å²) in [6.45, 7) is 3.86. The number of hydrogen-bond acceptors (Lipinski definition) is 4. The molecule has 0 bridgehead atoms. The quantitative estimate of drug-likeness (QED) is 0.585. The third-order valence-corrected chi connectivity index (χ3v) is 3.79. The van der Waals surface area contributed by atoms with Crippen LogP contribution in [0.5, 0.6) is 5.75 Å². The molecule has 0 amide bonds. The van der Waals surface area contributed by atoms with E-state index >= 15 is 0 Å². The number of aliphatic imine (C=N–C) groups is 1. The van der Waals surface area contributed by atoms with Crippen LogP contribution in [0.4, 0.5) is 5.69 Å². The number of hydrogen-bond donors (Lipinski definition) is 1. The molecule has 0 aliphatic carbocycles. The second-order valence-electron chi connectivity index (χ2n) is 5.57. The van der Waals surface area contributed by atoms with Gasteiger partial charge >= 0.3 is 0 Å². The molecule has 1 aromatic heterocycles. The molecule has 5 nitrogen and oxygen atoms in total. The van der Waals surface area contributed by atoms with Crippen LogP contribution in [-0.2, 0) is 6.42 Å². The average molecular weight is 320 g/mol. The molecule has 0 unspecified atom stereocenters. The Balaban J connectivity index is 2.03. The molecule has 0 spiro atoms. The molecule has 0 saturated heterocycles. The molecule has 2 N–H and O–H groups in total. The number of aromatic nitrogens is 2. The molecule has 2 aromatic carbocycles. The lowest BCUT2D eigenvalue weighted by molar-refractivity contribution is 0.410. The van der Waals surface area contributed by atoms with Gasteiger partial charge in [0, 0.05) is 17.1 Å². The second-order valence-corrected chi connectivity index (χ2v) is 5.57. The first-order valence-corrected chi connectivity index (χ1v) is 7.85. The third kappa shape index (κ3) is 3.20. The van der Waals surface area contributed by atoms with Gasteiger partial charge in [-0.05, 0) is 55.3 Å². The van der Waals surface area contributed by atoms with Gasteiger partial charge in [0.15, 0.2) is 5.82 Å². The lowest BCUT2D eigenvalue weighted by Crippen LogP contribution is -2.03. The molecule has 3 rings (SSSR count). The Bertz CT molecular complexity index is 914. The van der Waals surface area contributed by atoms with E-state index in [1.54, 1.807) is 14.0 Å². The lowest BCUT2D eigenvalue weighted by Gasteiger charge is -2.09. The minimum Gasteiger partial charge on any atom is -0.496 e. The zero-order chi connectivity index (χ0) is 17.1. The Morgan fingerprint density at radius 2 is 2.04 bits per heavy atom. The first kappa shape index (κ1) is 15.9. The molecule has 24 heavy (non-hydrogen) atoms. The minimum atomic E-state index is 0.525. The van der Waals surface area contributed by atoms with Crippen molar-refractivity contribution in [1.82, 2.24) is 9.97 Å². The number of nitrogens with two attached hydrogens (primary N) is 1. The molecular weight excluding hydrogens is 300 g/mol. The molecule has 0 aliphatic heterocycles. The van der Waals surface area contributed by atoms with Gasteiger partial charge in [-0.3, -0.25) is 0 Å². The molecule has 122 valence electrons. The zero-order valence-electron chi connectivity index (χ0n) is 14.1. The van der Waals surface area contributed by atoms with Gasteiger partial charge in [-0.2, -0.15) is 0 Å². The summed E-state index contributed by atoms with van der Waals surface area (Å²) in [5, 5.41) is 0.936. The number of ether oxygens (including phenoxy) is 1. The molecule has 0 fully saturated rings. The maximum Gasteiger partial charge on any atom is 0.159 e. The Hall–Kier alpha value is -2.95. The van der Waals surface area contributed by atoms with Gasteiger partial charge in [-0.1, -0.05) is 6.92 Å². The van der Waals surface area contributed by atoms with E-state index in [0.717, 1.165) is 39.9 Å². The van der Waals surface area contributed by atoms with Crippen LogP contribution >= 0.6 is 0 Å². The Labute approximate surface area is 141 Å². The summed E-state index contributed by atoms with van der Waals surface area (Å²) in [6, 6.07) is 11.8. The van der Waals surface area contributed by atoms with Gasteiger partial charge in [0.2, 0.25) is 0 Å². The monoisotopic (exact) mass is 320 g/mol. The Kier molecular flexibility index (Phi) is 4.42. The van der Waals surface area contributed by atoms with Crippen LogP contribution in [0, 0.1) is 0 Å². The van der Waals surface area contributed by atoms with E-state index in [2.05, 4.69) is 28.0 Å². The lowest BCUT2D eigenvalue weighted by atomic mass is 10.1. The Morgan fingerprint density at radius 3 is 2.75 bits per heavy atom. The summed E-state index contributed by atoms with van der Waals surface area (Å²) in [7, 11) is 1.68. The molecule has 0 aliphatic rings. The summed E-state index contributed by atoms with van der Waals surface area (Å²) >= 11 is 0. The van der Waals surface area contributed by atoms with E-state index in [-0.39, 0.29) is 0 Å². The molecular formula is C19H20N4O. The smallest absolute Gasteiger partial charge is 0.159 e. The van der Waals surface area contributed by atoms with Crippen LogP contribution in [0.2, 0.25) is 0 Å². The van der Waals surface area contributed by atoms with Crippen LogP contribution in [0.3, 0.4) is 0 Å². The average Bonchev–Trinajstić information content (AvgIpc) is 2.60. The number of benzene rings is 2. The summed E-state index contributed by atoms with van der Waals surface area (Å²) in [5.74, 6) is 2.12. The van der Waals surface area contributed by atoms with Crippen molar-refractivity contribution in [2.75, 3.05) is 7.11 Å². The fourth-order valence-electron chi connectivity index (χ4n) is 2.63. The number of amidine groups is 1. The normalized spacial score (nSPS) is 11.7. The van der Waals surface area contributed by atoms with Gasteiger partial charge in [0.1, 0.15) is 5.75 Å². The first-order valence-electron chi connectivity index (χ1n) is 7.85. The van der Waals surface area contributed by atoms with Gasteiger partial charge < -0.3 is 10.5 Å². The summed E-state index contributed by atoms with van der Waals surface area (Å²) < 4.78 is 5.38. The van der Waals surface area contributed by atoms with Crippen LogP contribution in [0.15, 0.2) is 47.6 Å². The maximum atomic E-state index is 5.63. The Morgan fingerprint density at radius 1 is 1.21 bits per heavy atom. The standard InChI is InChI=1S/C19H20N4O/c1-4-13-9-14(5-8-18(13)24-3)19-21-11-15-10-16(22-12(2)20)6-7-17(15)23-19/h5-11H,4H2,1-3H3,(H2,20,22). The highest BCUT2D eigenvalue weighted by Crippen LogP contribution is 2.27. The van der Waals surface area contributed by atoms with Crippen molar-refractivity contribution in [3.8, 4) is 17.1 Å². The van der Waals surface area contributed by atoms with Crippen molar-refractivity contribution in [3.63, 3.8) is 0 Å². The van der Waals surface area contributed by atoms with Crippen molar-refractivity contribution >= 4 is 22.4 Å². The van der Waals surface area contributed by atoms with Gasteiger partial charge in [-0.25, -0.2) is 15.0 Å². The van der Waals surface area contributed by atoms with Crippen LogP contribution in [0.1, 0.15) is 19.4 Å². The molecule has 0 saturated carbocycles. The fourth-order valence-corrected chi connectivity index (χ4v) is 2.63. The molecule has 0 radical (unpaired) electrons. The fraction of sp³-hybridized carbons (Fsp3) is 0.211. The van der Waals surface area contributed by atoms with Crippen LogP contribution in [-0.4, -0.2) is 22.9 Å².